The topological polar surface area (TPSA) is 29.9 Å². The number of rotatable bonds is 7. The van der Waals surface area contributed by atoms with E-state index in [4.69, 9.17) is 0 Å². The summed E-state index contributed by atoms with van der Waals surface area (Å²) in [4.78, 5) is 0. The van der Waals surface area contributed by atoms with E-state index in [1.165, 1.54) is 0 Å². The van der Waals surface area contributed by atoms with Gasteiger partial charge in [-0.05, 0) is 40.2 Å². The third kappa shape index (κ3) is 4.81. The largest absolute Gasteiger partial charge is 0.389 e. The van der Waals surface area contributed by atoms with Crippen LogP contribution in [0.5, 0.6) is 0 Å². The normalized spacial score (nSPS) is 13.8. The highest BCUT2D eigenvalue weighted by molar-refractivity contribution is 5.27. The van der Waals surface area contributed by atoms with Crippen LogP contribution in [0.3, 0.4) is 0 Å². The standard InChI is InChI=1S/C14H24F3N3/c1-5-8-18-10(2)13-11(3)19-20(12(13)4)9-6-7-14(15,16)17/h10,18H,5-9H2,1-4H3. The summed E-state index contributed by atoms with van der Waals surface area (Å²) in [6.07, 6.45) is -3.73. The number of aromatic nitrogens is 2. The minimum Gasteiger partial charge on any atom is -0.310 e. The summed E-state index contributed by atoms with van der Waals surface area (Å²) in [6, 6.07) is 0.173. The number of halogens is 3. The first-order valence-corrected chi connectivity index (χ1v) is 7.10. The van der Waals surface area contributed by atoms with Crippen molar-refractivity contribution in [1.82, 2.24) is 15.1 Å². The van der Waals surface area contributed by atoms with E-state index >= 15 is 0 Å². The molecular formula is C14H24F3N3. The number of nitrogens with one attached hydrogen (secondary N) is 1. The monoisotopic (exact) mass is 291 g/mol. The lowest BCUT2D eigenvalue weighted by Gasteiger charge is -2.14. The van der Waals surface area contributed by atoms with Crippen molar-refractivity contribution in [3.05, 3.63) is 17.0 Å². The van der Waals surface area contributed by atoms with Gasteiger partial charge in [0.2, 0.25) is 0 Å². The van der Waals surface area contributed by atoms with E-state index in [2.05, 4.69) is 24.3 Å². The maximum absolute atomic E-state index is 12.2. The number of hydrogen-bond donors (Lipinski definition) is 1. The molecule has 0 aliphatic rings. The molecular weight excluding hydrogens is 267 g/mol. The van der Waals surface area contributed by atoms with Gasteiger partial charge in [-0.15, -0.1) is 0 Å². The van der Waals surface area contributed by atoms with Crippen LogP contribution in [0.4, 0.5) is 13.2 Å². The lowest BCUT2D eigenvalue weighted by Crippen LogP contribution is -2.20. The molecule has 0 aliphatic heterocycles. The number of nitrogens with zero attached hydrogens (tertiary/aromatic N) is 2. The molecule has 1 aromatic heterocycles. The Hall–Kier alpha value is -1.04. The van der Waals surface area contributed by atoms with Gasteiger partial charge >= 0.3 is 6.18 Å². The molecule has 1 unspecified atom stereocenters. The molecule has 0 fully saturated rings. The maximum Gasteiger partial charge on any atom is 0.389 e. The van der Waals surface area contributed by atoms with Gasteiger partial charge in [-0.25, -0.2) is 0 Å². The van der Waals surface area contributed by atoms with Gasteiger partial charge in [0.25, 0.3) is 0 Å². The zero-order chi connectivity index (χ0) is 15.3. The Morgan fingerprint density at radius 3 is 2.50 bits per heavy atom. The van der Waals surface area contributed by atoms with Crippen molar-refractivity contribution in [3.8, 4) is 0 Å². The molecule has 0 radical (unpaired) electrons. The first kappa shape index (κ1) is 17.0. The zero-order valence-electron chi connectivity index (χ0n) is 12.6. The van der Waals surface area contributed by atoms with Gasteiger partial charge in [-0.3, -0.25) is 4.68 Å². The van der Waals surface area contributed by atoms with Crippen LogP contribution in [-0.2, 0) is 6.54 Å². The third-order valence-corrected chi connectivity index (χ3v) is 3.40. The Kier molecular flexibility index (Phi) is 6.05. The van der Waals surface area contributed by atoms with Gasteiger partial charge in [0.1, 0.15) is 0 Å². The zero-order valence-corrected chi connectivity index (χ0v) is 12.6. The SMILES string of the molecule is CCCNC(C)c1c(C)nn(CCCC(F)(F)F)c1C. The van der Waals surface area contributed by atoms with Gasteiger partial charge < -0.3 is 5.32 Å². The summed E-state index contributed by atoms with van der Waals surface area (Å²) in [6.45, 7) is 9.22. The second kappa shape index (κ2) is 7.11. The van der Waals surface area contributed by atoms with Crippen molar-refractivity contribution < 1.29 is 13.2 Å². The predicted molar refractivity (Wildman–Crippen MR) is 73.7 cm³/mol. The molecule has 1 heterocycles. The molecule has 1 rings (SSSR count). The summed E-state index contributed by atoms with van der Waals surface area (Å²) in [5.74, 6) is 0. The highest BCUT2D eigenvalue weighted by Gasteiger charge is 2.26. The summed E-state index contributed by atoms with van der Waals surface area (Å²) < 4.78 is 38.2. The third-order valence-electron chi connectivity index (χ3n) is 3.40. The summed E-state index contributed by atoms with van der Waals surface area (Å²) >= 11 is 0. The smallest absolute Gasteiger partial charge is 0.310 e. The van der Waals surface area contributed by atoms with E-state index < -0.39 is 12.6 Å². The quantitative estimate of drug-likeness (QED) is 0.825. The molecule has 0 spiro atoms. The Morgan fingerprint density at radius 1 is 1.30 bits per heavy atom. The van der Waals surface area contributed by atoms with E-state index in [1.807, 2.05) is 13.8 Å². The second-order valence-corrected chi connectivity index (χ2v) is 5.20. The van der Waals surface area contributed by atoms with E-state index in [0.29, 0.717) is 6.54 Å². The van der Waals surface area contributed by atoms with Crippen molar-refractivity contribution in [2.24, 2.45) is 0 Å². The van der Waals surface area contributed by atoms with Crippen LogP contribution in [0.1, 0.15) is 56.1 Å². The summed E-state index contributed by atoms with van der Waals surface area (Å²) in [5.41, 5.74) is 2.96. The maximum atomic E-state index is 12.2. The van der Waals surface area contributed by atoms with Gasteiger partial charge in [-0.1, -0.05) is 6.92 Å². The number of hydrogen-bond acceptors (Lipinski definition) is 2. The molecule has 3 nitrogen and oxygen atoms in total. The highest BCUT2D eigenvalue weighted by atomic mass is 19.4. The Morgan fingerprint density at radius 2 is 1.95 bits per heavy atom. The van der Waals surface area contributed by atoms with Gasteiger partial charge in [0, 0.05) is 30.3 Å². The summed E-state index contributed by atoms with van der Waals surface area (Å²) in [7, 11) is 0. The fourth-order valence-electron chi connectivity index (χ4n) is 2.45. The number of aryl methyl sites for hydroxylation is 2. The fourth-order valence-corrected chi connectivity index (χ4v) is 2.45. The van der Waals surface area contributed by atoms with Crippen molar-refractivity contribution in [2.45, 2.75) is 65.7 Å². The van der Waals surface area contributed by atoms with Gasteiger partial charge in [-0.2, -0.15) is 18.3 Å². The summed E-state index contributed by atoms with van der Waals surface area (Å²) in [5, 5.41) is 7.76. The Labute approximate surface area is 118 Å². The lowest BCUT2D eigenvalue weighted by atomic mass is 10.1. The highest BCUT2D eigenvalue weighted by Crippen LogP contribution is 2.24. The average molecular weight is 291 g/mol. The molecule has 0 saturated heterocycles. The van der Waals surface area contributed by atoms with Crippen LogP contribution in [0.25, 0.3) is 0 Å². The van der Waals surface area contributed by atoms with Gasteiger partial charge in [0.05, 0.1) is 5.69 Å². The molecule has 20 heavy (non-hydrogen) atoms. The van der Waals surface area contributed by atoms with Crippen LogP contribution in [0.2, 0.25) is 0 Å². The molecule has 1 N–H and O–H groups in total. The average Bonchev–Trinajstić information content (AvgIpc) is 2.60. The first-order valence-electron chi connectivity index (χ1n) is 7.10. The molecule has 6 heteroatoms. The van der Waals surface area contributed by atoms with Gasteiger partial charge in [0.15, 0.2) is 0 Å². The molecule has 0 bridgehead atoms. The predicted octanol–water partition coefficient (Wildman–Crippen LogP) is 3.90. The minimum atomic E-state index is -4.09. The van der Waals surface area contributed by atoms with Crippen LogP contribution in [0, 0.1) is 13.8 Å². The molecule has 0 aromatic carbocycles. The molecule has 116 valence electrons. The van der Waals surface area contributed by atoms with Crippen LogP contribution >= 0.6 is 0 Å². The van der Waals surface area contributed by atoms with Crippen molar-refractivity contribution in [2.75, 3.05) is 6.54 Å². The van der Waals surface area contributed by atoms with E-state index in [1.54, 1.807) is 4.68 Å². The number of alkyl halides is 3. The second-order valence-electron chi connectivity index (χ2n) is 5.20. The fraction of sp³-hybridized carbons (Fsp3) is 0.786. The molecule has 0 amide bonds. The van der Waals surface area contributed by atoms with E-state index in [0.717, 1.165) is 29.9 Å². The molecule has 1 atom stereocenters. The first-order chi connectivity index (χ1) is 9.26. The van der Waals surface area contributed by atoms with Crippen LogP contribution < -0.4 is 5.32 Å². The molecule has 0 saturated carbocycles. The molecule has 1 aromatic rings. The lowest BCUT2D eigenvalue weighted by molar-refractivity contribution is -0.136. The van der Waals surface area contributed by atoms with Crippen LogP contribution in [0.15, 0.2) is 0 Å². The van der Waals surface area contributed by atoms with Crippen molar-refractivity contribution in [1.29, 1.82) is 0 Å². The van der Waals surface area contributed by atoms with Crippen molar-refractivity contribution in [3.63, 3.8) is 0 Å². The molecule has 0 aliphatic carbocycles. The minimum absolute atomic E-state index is 0.0711. The van der Waals surface area contributed by atoms with Crippen molar-refractivity contribution >= 4 is 0 Å². The Bertz CT molecular complexity index is 424. The van der Waals surface area contributed by atoms with E-state index in [-0.39, 0.29) is 12.5 Å². The van der Waals surface area contributed by atoms with E-state index in [9.17, 15) is 13.2 Å². The Balaban J connectivity index is 2.71. The van der Waals surface area contributed by atoms with Crippen LogP contribution in [-0.4, -0.2) is 22.5 Å².